The van der Waals surface area contributed by atoms with Gasteiger partial charge in [-0.3, -0.25) is 10.4 Å². The van der Waals surface area contributed by atoms with E-state index in [-0.39, 0.29) is 5.82 Å². The van der Waals surface area contributed by atoms with Crippen LogP contribution in [0.1, 0.15) is 18.2 Å². The summed E-state index contributed by atoms with van der Waals surface area (Å²) >= 11 is 0. The average molecular weight is 250 g/mol. The first kappa shape index (κ1) is 13.3. The third-order valence-corrected chi connectivity index (χ3v) is 2.15. The van der Waals surface area contributed by atoms with Crippen molar-refractivity contribution in [3.05, 3.63) is 11.3 Å². The number of carbonyl (C=O) groups is 1. The van der Waals surface area contributed by atoms with E-state index in [4.69, 9.17) is 0 Å². The second-order valence-corrected chi connectivity index (χ2v) is 3.45. The highest BCUT2D eigenvalue weighted by Crippen LogP contribution is 2.15. The van der Waals surface area contributed by atoms with Crippen LogP contribution in [-0.4, -0.2) is 28.9 Å². The Labute approximate surface area is 95.8 Å². The van der Waals surface area contributed by atoms with Crippen molar-refractivity contribution in [2.75, 3.05) is 11.9 Å². The normalized spacial score (nSPS) is 11.4. The summed E-state index contributed by atoms with van der Waals surface area (Å²) in [7, 11) is 0. The Morgan fingerprint density at radius 2 is 2.12 bits per heavy atom. The van der Waals surface area contributed by atoms with Gasteiger partial charge in [0.1, 0.15) is 6.54 Å². The molecule has 5 nitrogen and oxygen atoms in total. The van der Waals surface area contributed by atoms with E-state index in [1.807, 2.05) is 6.92 Å². The molecule has 0 aromatic carbocycles. The number of nitrogens with zero attached hydrogens (tertiary/aromatic N) is 1. The molecule has 0 fully saturated rings. The fraction of sp³-hybridized carbons (Fsp3) is 0.556. The molecule has 0 saturated heterocycles. The summed E-state index contributed by atoms with van der Waals surface area (Å²) < 4.78 is 35.5. The van der Waals surface area contributed by atoms with Gasteiger partial charge in [0, 0.05) is 11.3 Å². The summed E-state index contributed by atoms with van der Waals surface area (Å²) in [5.74, 6) is 0.238. The van der Waals surface area contributed by atoms with Crippen molar-refractivity contribution in [3.63, 3.8) is 0 Å². The van der Waals surface area contributed by atoms with Gasteiger partial charge in [-0.05, 0) is 13.3 Å². The van der Waals surface area contributed by atoms with E-state index in [9.17, 15) is 18.0 Å². The summed E-state index contributed by atoms with van der Waals surface area (Å²) in [6.07, 6.45) is -3.72. The van der Waals surface area contributed by atoms with Gasteiger partial charge in [-0.25, -0.2) is 4.79 Å². The standard InChI is InChI=1S/C9H13F3N4O/c1-3-6-5(2)7(16-15-6)14-8(17)13-4-9(10,11)12/h3-4H2,1-2H3,(H3,13,14,15,16,17). The predicted molar refractivity (Wildman–Crippen MR) is 55.8 cm³/mol. The average Bonchev–Trinajstić information content (AvgIpc) is 2.56. The zero-order chi connectivity index (χ0) is 13.1. The SMILES string of the molecule is CCc1[nH]nc(NC(=O)NCC(F)(F)F)c1C. The molecule has 1 aromatic rings. The molecule has 0 bridgehead atoms. The lowest BCUT2D eigenvalue weighted by Crippen LogP contribution is -2.36. The fourth-order valence-electron chi connectivity index (χ4n) is 1.23. The van der Waals surface area contributed by atoms with Gasteiger partial charge in [0.15, 0.2) is 5.82 Å². The van der Waals surface area contributed by atoms with Crippen LogP contribution in [0.3, 0.4) is 0 Å². The van der Waals surface area contributed by atoms with Crippen LogP contribution in [-0.2, 0) is 6.42 Å². The molecule has 8 heteroatoms. The van der Waals surface area contributed by atoms with Crippen LogP contribution < -0.4 is 10.6 Å². The van der Waals surface area contributed by atoms with Crippen LogP contribution in [0.15, 0.2) is 0 Å². The highest BCUT2D eigenvalue weighted by molar-refractivity contribution is 5.89. The van der Waals surface area contributed by atoms with Gasteiger partial charge in [0.25, 0.3) is 0 Å². The van der Waals surface area contributed by atoms with Crippen molar-refractivity contribution < 1.29 is 18.0 Å². The third kappa shape index (κ3) is 3.97. The number of carbonyl (C=O) groups excluding carboxylic acids is 1. The lowest BCUT2D eigenvalue weighted by Gasteiger charge is -2.08. The molecule has 0 saturated carbocycles. The number of alkyl halides is 3. The Balaban J connectivity index is 2.54. The summed E-state index contributed by atoms with van der Waals surface area (Å²) in [4.78, 5) is 11.1. The Bertz CT molecular complexity index is 399. The number of aryl methyl sites for hydroxylation is 1. The number of nitrogens with one attached hydrogen (secondary N) is 3. The van der Waals surface area contributed by atoms with Crippen LogP contribution in [0.5, 0.6) is 0 Å². The maximum absolute atomic E-state index is 11.8. The summed E-state index contributed by atoms with van der Waals surface area (Å²) in [5.41, 5.74) is 1.55. The molecule has 1 aromatic heterocycles. The number of hydrogen-bond acceptors (Lipinski definition) is 2. The van der Waals surface area contributed by atoms with Gasteiger partial charge in [-0.1, -0.05) is 6.92 Å². The number of rotatable bonds is 3. The second kappa shape index (κ2) is 5.07. The van der Waals surface area contributed by atoms with Crippen molar-refractivity contribution >= 4 is 11.8 Å². The first-order valence-electron chi connectivity index (χ1n) is 4.99. The second-order valence-electron chi connectivity index (χ2n) is 3.45. The lowest BCUT2D eigenvalue weighted by molar-refractivity contribution is -0.122. The highest BCUT2D eigenvalue weighted by atomic mass is 19.4. The number of halogens is 3. The third-order valence-electron chi connectivity index (χ3n) is 2.15. The minimum Gasteiger partial charge on any atom is -0.329 e. The van der Waals surface area contributed by atoms with Gasteiger partial charge < -0.3 is 5.32 Å². The molecule has 96 valence electrons. The fourth-order valence-corrected chi connectivity index (χ4v) is 1.23. The quantitative estimate of drug-likeness (QED) is 0.767. The molecule has 0 aliphatic carbocycles. The van der Waals surface area contributed by atoms with E-state index in [1.165, 1.54) is 0 Å². The molecular weight excluding hydrogens is 237 g/mol. The molecule has 1 rings (SSSR count). The molecular formula is C9H13F3N4O. The van der Waals surface area contributed by atoms with E-state index in [1.54, 1.807) is 12.2 Å². The molecule has 0 atom stereocenters. The topological polar surface area (TPSA) is 69.8 Å². The minimum atomic E-state index is -4.42. The van der Waals surface area contributed by atoms with E-state index in [2.05, 4.69) is 15.5 Å². The first-order chi connectivity index (χ1) is 7.83. The maximum atomic E-state index is 11.8. The first-order valence-corrected chi connectivity index (χ1v) is 4.99. The molecule has 0 unspecified atom stereocenters. The number of H-pyrrole nitrogens is 1. The van der Waals surface area contributed by atoms with Crippen LogP contribution in [0.25, 0.3) is 0 Å². The van der Waals surface area contributed by atoms with Crippen molar-refractivity contribution in [2.24, 2.45) is 0 Å². The Hall–Kier alpha value is -1.73. The zero-order valence-corrected chi connectivity index (χ0v) is 9.40. The van der Waals surface area contributed by atoms with Crippen molar-refractivity contribution in [1.29, 1.82) is 0 Å². The van der Waals surface area contributed by atoms with Crippen LogP contribution in [0.2, 0.25) is 0 Å². The highest BCUT2D eigenvalue weighted by Gasteiger charge is 2.27. The predicted octanol–water partition coefficient (Wildman–Crippen LogP) is 1.96. The number of amides is 2. The van der Waals surface area contributed by atoms with Crippen LogP contribution in [0.4, 0.5) is 23.8 Å². The smallest absolute Gasteiger partial charge is 0.329 e. The van der Waals surface area contributed by atoms with E-state index >= 15 is 0 Å². The van der Waals surface area contributed by atoms with Gasteiger partial charge in [0.2, 0.25) is 0 Å². The molecule has 2 amide bonds. The summed E-state index contributed by atoms with van der Waals surface area (Å²) in [6.45, 7) is 2.25. The maximum Gasteiger partial charge on any atom is 0.405 e. The summed E-state index contributed by atoms with van der Waals surface area (Å²) in [6, 6.07) is -0.931. The van der Waals surface area contributed by atoms with E-state index in [0.29, 0.717) is 6.42 Å². The molecule has 0 radical (unpaired) electrons. The molecule has 0 aliphatic rings. The zero-order valence-electron chi connectivity index (χ0n) is 9.40. The minimum absolute atomic E-state index is 0.238. The monoisotopic (exact) mass is 250 g/mol. The number of aromatic nitrogens is 2. The molecule has 3 N–H and O–H groups in total. The Morgan fingerprint density at radius 1 is 1.47 bits per heavy atom. The van der Waals surface area contributed by atoms with Gasteiger partial charge in [-0.2, -0.15) is 18.3 Å². The number of hydrogen-bond donors (Lipinski definition) is 3. The number of urea groups is 1. The molecule has 1 heterocycles. The van der Waals surface area contributed by atoms with Crippen molar-refractivity contribution in [1.82, 2.24) is 15.5 Å². The van der Waals surface area contributed by atoms with Crippen molar-refractivity contribution in [2.45, 2.75) is 26.4 Å². The van der Waals surface area contributed by atoms with E-state index < -0.39 is 18.8 Å². The Morgan fingerprint density at radius 3 is 2.59 bits per heavy atom. The molecule has 17 heavy (non-hydrogen) atoms. The Kier molecular flexibility index (Phi) is 3.97. The number of aromatic amines is 1. The van der Waals surface area contributed by atoms with Crippen LogP contribution >= 0.6 is 0 Å². The van der Waals surface area contributed by atoms with Crippen molar-refractivity contribution in [3.8, 4) is 0 Å². The molecule has 0 aliphatic heterocycles. The lowest BCUT2D eigenvalue weighted by atomic mass is 10.2. The number of anilines is 1. The van der Waals surface area contributed by atoms with Gasteiger partial charge in [0.05, 0.1) is 0 Å². The van der Waals surface area contributed by atoms with Crippen LogP contribution in [0, 0.1) is 6.92 Å². The van der Waals surface area contributed by atoms with Gasteiger partial charge in [-0.15, -0.1) is 0 Å². The van der Waals surface area contributed by atoms with E-state index in [0.717, 1.165) is 11.3 Å². The molecule has 0 spiro atoms. The van der Waals surface area contributed by atoms with Gasteiger partial charge >= 0.3 is 12.2 Å². The largest absolute Gasteiger partial charge is 0.405 e. The summed E-state index contributed by atoms with van der Waals surface area (Å²) in [5, 5.41) is 10.4.